The largest absolute Gasteiger partial charge is 0.369 e. The van der Waals surface area contributed by atoms with E-state index in [2.05, 4.69) is 6.07 Å². The molecule has 4 heteroatoms. The van der Waals surface area contributed by atoms with Gasteiger partial charge in [-0.15, -0.1) is 0 Å². The molecule has 60 valence electrons. The van der Waals surface area contributed by atoms with Gasteiger partial charge in [-0.05, 0) is 6.92 Å². The van der Waals surface area contributed by atoms with E-state index in [1.54, 1.807) is 0 Å². The van der Waals surface area contributed by atoms with E-state index in [0.717, 1.165) is 0 Å². The van der Waals surface area contributed by atoms with Gasteiger partial charge in [-0.3, -0.25) is 9.69 Å². The molecule has 0 unspecified atom stereocenters. The number of nitriles is 1. The standard InChI is InChI=1S/C7H11N3O/c1-7(3-8)4-10(5-7)2-6(9)11/h2,4-5H2,1H3,(H2,9,11). The molecule has 1 heterocycles. The molecule has 0 saturated carbocycles. The average molecular weight is 153 g/mol. The van der Waals surface area contributed by atoms with Gasteiger partial charge in [-0.2, -0.15) is 5.26 Å². The van der Waals surface area contributed by atoms with Gasteiger partial charge in [0.05, 0.1) is 18.0 Å². The van der Waals surface area contributed by atoms with E-state index in [0.29, 0.717) is 13.1 Å². The third-order valence-corrected chi connectivity index (χ3v) is 1.79. The van der Waals surface area contributed by atoms with Crippen LogP contribution in [0, 0.1) is 16.7 Å². The highest BCUT2D eigenvalue weighted by molar-refractivity contribution is 5.76. The molecule has 0 aromatic heterocycles. The minimum atomic E-state index is -0.329. The number of rotatable bonds is 2. The molecule has 1 saturated heterocycles. The van der Waals surface area contributed by atoms with Crippen molar-refractivity contribution in [2.45, 2.75) is 6.92 Å². The fourth-order valence-electron chi connectivity index (χ4n) is 1.34. The molecule has 0 radical (unpaired) electrons. The number of carbonyl (C=O) groups excluding carboxylic acids is 1. The number of primary amides is 1. The van der Waals surface area contributed by atoms with Crippen LogP contribution in [0.1, 0.15) is 6.92 Å². The SMILES string of the molecule is CC1(C#N)CN(CC(N)=O)C1. The minimum Gasteiger partial charge on any atom is -0.369 e. The van der Waals surface area contributed by atoms with Gasteiger partial charge in [-0.25, -0.2) is 0 Å². The van der Waals surface area contributed by atoms with Crippen molar-refractivity contribution < 1.29 is 4.79 Å². The summed E-state index contributed by atoms with van der Waals surface area (Å²) in [6.07, 6.45) is 0. The van der Waals surface area contributed by atoms with E-state index in [-0.39, 0.29) is 17.9 Å². The van der Waals surface area contributed by atoms with Crippen molar-refractivity contribution in [3.05, 3.63) is 0 Å². The van der Waals surface area contributed by atoms with Crippen LogP contribution in [0.2, 0.25) is 0 Å². The van der Waals surface area contributed by atoms with E-state index in [9.17, 15) is 4.79 Å². The van der Waals surface area contributed by atoms with Gasteiger partial charge in [0.2, 0.25) is 5.91 Å². The maximum atomic E-state index is 10.4. The Morgan fingerprint density at radius 3 is 2.73 bits per heavy atom. The quantitative estimate of drug-likeness (QED) is 0.571. The average Bonchev–Trinajstić information content (AvgIpc) is 1.83. The molecule has 2 N–H and O–H groups in total. The number of nitrogens with two attached hydrogens (primary N) is 1. The van der Waals surface area contributed by atoms with Crippen molar-refractivity contribution in [2.24, 2.45) is 11.1 Å². The van der Waals surface area contributed by atoms with E-state index in [4.69, 9.17) is 11.0 Å². The summed E-state index contributed by atoms with van der Waals surface area (Å²) in [5.41, 5.74) is 4.71. The zero-order valence-corrected chi connectivity index (χ0v) is 6.50. The first kappa shape index (κ1) is 8.02. The van der Waals surface area contributed by atoms with Crippen molar-refractivity contribution in [3.8, 4) is 6.07 Å². The van der Waals surface area contributed by atoms with Gasteiger partial charge < -0.3 is 5.73 Å². The molecule has 0 aromatic carbocycles. The third kappa shape index (κ3) is 1.69. The second-order valence-electron chi connectivity index (χ2n) is 3.28. The van der Waals surface area contributed by atoms with Gasteiger partial charge in [0.15, 0.2) is 0 Å². The second kappa shape index (κ2) is 2.51. The molecule has 0 atom stereocenters. The van der Waals surface area contributed by atoms with Crippen LogP contribution in [0.4, 0.5) is 0 Å². The van der Waals surface area contributed by atoms with E-state index in [1.807, 2.05) is 11.8 Å². The second-order valence-corrected chi connectivity index (χ2v) is 3.28. The summed E-state index contributed by atoms with van der Waals surface area (Å²) in [5.74, 6) is -0.329. The molecule has 1 fully saturated rings. The van der Waals surface area contributed by atoms with E-state index in [1.165, 1.54) is 0 Å². The maximum absolute atomic E-state index is 10.4. The Hall–Kier alpha value is -1.08. The third-order valence-electron chi connectivity index (χ3n) is 1.79. The first-order valence-electron chi connectivity index (χ1n) is 3.48. The highest BCUT2D eigenvalue weighted by Gasteiger charge is 2.39. The molecule has 11 heavy (non-hydrogen) atoms. The molecule has 1 rings (SSSR count). The summed E-state index contributed by atoms with van der Waals surface area (Å²) in [6, 6.07) is 2.19. The van der Waals surface area contributed by atoms with Crippen molar-refractivity contribution in [3.63, 3.8) is 0 Å². The zero-order valence-electron chi connectivity index (χ0n) is 6.50. The first-order valence-corrected chi connectivity index (χ1v) is 3.48. The Morgan fingerprint density at radius 1 is 1.82 bits per heavy atom. The monoisotopic (exact) mass is 153 g/mol. The number of amides is 1. The Bertz CT molecular complexity index is 212. The molecular weight excluding hydrogens is 142 g/mol. The van der Waals surface area contributed by atoms with Crippen LogP contribution in [-0.2, 0) is 4.79 Å². The molecule has 0 aromatic rings. The fourth-order valence-corrected chi connectivity index (χ4v) is 1.34. The minimum absolute atomic E-state index is 0.255. The Morgan fingerprint density at radius 2 is 2.36 bits per heavy atom. The highest BCUT2D eigenvalue weighted by Crippen LogP contribution is 2.27. The van der Waals surface area contributed by atoms with Gasteiger partial charge >= 0.3 is 0 Å². The van der Waals surface area contributed by atoms with Crippen LogP contribution < -0.4 is 5.73 Å². The van der Waals surface area contributed by atoms with Crippen molar-refractivity contribution in [2.75, 3.05) is 19.6 Å². The van der Waals surface area contributed by atoms with Gasteiger partial charge in [-0.1, -0.05) is 0 Å². The molecule has 0 spiro atoms. The van der Waals surface area contributed by atoms with Crippen molar-refractivity contribution >= 4 is 5.91 Å². The molecule has 0 bridgehead atoms. The van der Waals surface area contributed by atoms with Crippen molar-refractivity contribution in [1.29, 1.82) is 5.26 Å². The summed E-state index contributed by atoms with van der Waals surface area (Å²) < 4.78 is 0. The molecule has 4 nitrogen and oxygen atoms in total. The number of hydrogen-bond acceptors (Lipinski definition) is 3. The van der Waals surface area contributed by atoms with Crippen LogP contribution >= 0.6 is 0 Å². The van der Waals surface area contributed by atoms with Crippen LogP contribution in [0.25, 0.3) is 0 Å². The molecule has 0 aliphatic carbocycles. The summed E-state index contributed by atoms with van der Waals surface area (Å²) >= 11 is 0. The van der Waals surface area contributed by atoms with Crippen LogP contribution in [-0.4, -0.2) is 30.4 Å². The van der Waals surface area contributed by atoms with E-state index >= 15 is 0 Å². The van der Waals surface area contributed by atoms with Crippen molar-refractivity contribution in [1.82, 2.24) is 4.90 Å². The van der Waals surface area contributed by atoms with E-state index < -0.39 is 0 Å². The predicted octanol–water partition coefficient (Wildman–Crippen LogP) is -0.683. The van der Waals surface area contributed by atoms with Gasteiger partial charge in [0, 0.05) is 13.1 Å². The lowest BCUT2D eigenvalue weighted by Gasteiger charge is -2.42. The Labute approximate surface area is 65.6 Å². The lowest BCUT2D eigenvalue weighted by atomic mass is 9.84. The summed E-state index contributed by atoms with van der Waals surface area (Å²) in [7, 11) is 0. The highest BCUT2D eigenvalue weighted by atomic mass is 16.1. The number of carbonyl (C=O) groups is 1. The first-order chi connectivity index (χ1) is 5.06. The fraction of sp³-hybridized carbons (Fsp3) is 0.714. The maximum Gasteiger partial charge on any atom is 0.231 e. The summed E-state index contributed by atoms with van der Waals surface area (Å²) in [4.78, 5) is 12.3. The predicted molar refractivity (Wildman–Crippen MR) is 39.4 cm³/mol. The smallest absolute Gasteiger partial charge is 0.231 e. The Balaban J connectivity index is 2.31. The lowest BCUT2D eigenvalue weighted by Crippen LogP contribution is -2.55. The number of nitrogens with zero attached hydrogens (tertiary/aromatic N) is 2. The van der Waals surface area contributed by atoms with Crippen LogP contribution in [0.5, 0.6) is 0 Å². The van der Waals surface area contributed by atoms with Crippen LogP contribution in [0.3, 0.4) is 0 Å². The summed E-state index contributed by atoms with van der Waals surface area (Å²) in [6.45, 7) is 3.47. The molecule has 1 aliphatic heterocycles. The zero-order chi connectivity index (χ0) is 8.48. The summed E-state index contributed by atoms with van der Waals surface area (Å²) in [5, 5.41) is 8.60. The van der Waals surface area contributed by atoms with Crippen LogP contribution in [0.15, 0.2) is 0 Å². The van der Waals surface area contributed by atoms with Gasteiger partial charge in [0.1, 0.15) is 0 Å². The Kier molecular flexibility index (Phi) is 1.83. The molecular formula is C7H11N3O. The normalized spacial score (nSPS) is 21.8. The number of hydrogen-bond donors (Lipinski definition) is 1. The molecule has 1 amide bonds. The molecule has 1 aliphatic rings. The number of likely N-dealkylation sites (tertiary alicyclic amines) is 1. The van der Waals surface area contributed by atoms with Gasteiger partial charge in [0.25, 0.3) is 0 Å². The topological polar surface area (TPSA) is 70.1 Å². The lowest BCUT2D eigenvalue weighted by molar-refractivity contribution is -0.121.